The van der Waals surface area contributed by atoms with Gasteiger partial charge in [-0.15, -0.1) is 0 Å². The summed E-state index contributed by atoms with van der Waals surface area (Å²) in [5.41, 5.74) is 4.77. The van der Waals surface area contributed by atoms with Gasteiger partial charge in [0.1, 0.15) is 5.02 Å². The van der Waals surface area contributed by atoms with Gasteiger partial charge in [0.15, 0.2) is 0 Å². The summed E-state index contributed by atoms with van der Waals surface area (Å²) in [6.07, 6.45) is 4.59. The van der Waals surface area contributed by atoms with Crippen molar-refractivity contribution in [2.24, 2.45) is 0 Å². The molecule has 2 N–H and O–H groups in total. The van der Waals surface area contributed by atoms with E-state index >= 15 is 0 Å². The number of aromatic amines is 1. The molecule has 0 bridgehead atoms. The van der Waals surface area contributed by atoms with Gasteiger partial charge in [0, 0.05) is 34.8 Å². The van der Waals surface area contributed by atoms with Crippen LogP contribution in [0.25, 0.3) is 10.9 Å². The molecule has 1 amide bonds. The monoisotopic (exact) mass is 383 g/mol. The number of halogens is 1. The summed E-state index contributed by atoms with van der Waals surface area (Å²) < 4.78 is 0. The standard InChI is InChI=1S/C20H18ClN3O3/c21-16-7-6-13(10-19(16)24(26)27)20(25)22-11-12-5-8-18-15(9-12)14-3-1-2-4-17(14)23-18/h5-10,23H,1-4,11H2,(H,22,25). The normalized spacial score (nSPS) is 13.4. The van der Waals surface area contributed by atoms with Crippen molar-refractivity contribution < 1.29 is 9.72 Å². The molecule has 7 heteroatoms. The first-order valence-corrected chi connectivity index (χ1v) is 9.25. The molecule has 4 rings (SSSR count). The van der Waals surface area contributed by atoms with Crippen LogP contribution in [0, 0.1) is 10.1 Å². The van der Waals surface area contributed by atoms with Crippen LogP contribution in [0.5, 0.6) is 0 Å². The Morgan fingerprint density at radius 1 is 1.19 bits per heavy atom. The molecule has 0 fully saturated rings. The number of rotatable bonds is 4. The quantitative estimate of drug-likeness (QED) is 0.512. The molecule has 0 atom stereocenters. The van der Waals surface area contributed by atoms with Crippen molar-refractivity contribution >= 4 is 34.1 Å². The zero-order valence-electron chi connectivity index (χ0n) is 14.5. The van der Waals surface area contributed by atoms with E-state index in [1.807, 2.05) is 12.1 Å². The molecule has 3 aromatic rings. The van der Waals surface area contributed by atoms with Gasteiger partial charge in [-0.1, -0.05) is 17.7 Å². The van der Waals surface area contributed by atoms with Crippen molar-refractivity contribution in [3.8, 4) is 0 Å². The van der Waals surface area contributed by atoms with E-state index in [0.717, 1.165) is 23.9 Å². The van der Waals surface area contributed by atoms with Crippen LogP contribution in [-0.2, 0) is 19.4 Å². The Morgan fingerprint density at radius 2 is 2.00 bits per heavy atom. The number of nitrogens with one attached hydrogen (secondary N) is 2. The first-order valence-electron chi connectivity index (χ1n) is 8.87. The number of nitrogens with zero attached hydrogens (tertiary/aromatic N) is 1. The van der Waals surface area contributed by atoms with Crippen LogP contribution in [0.1, 0.15) is 40.0 Å². The Bertz CT molecular complexity index is 1060. The predicted octanol–water partition coefficient (Wildman–Crippen LogP) is 4.54. The van der Waals surface area contributed by atoms with Crippen LogP contribution in [0.15, 0.2) is 36.4 Å². The number of nitro benzene ring substituents is 1. The average Bonchev–Trinajstić information content (AvgIpc) is 3.04. The molecule has 0 radical (unpaired) electrons. The zero-order valence-corrected chi connectivity index (χ0v) is 15.3. The summed E-state index contributed by atoms with van der Waals surface area (Å²) in [7, 11) is 0. The third kappa shape index (κ3) is 3.40. The number of amides is 1. The van der Waals surface area contributed by atoms with E-state index in [-0.39, 0.29) is 22.2 Å². The number of aromatic nitrogens is 1. The van der Waals surface area contributed by atoms with Gasteiger partial charge >= 0.3 is 0 Å². The number of fused-ring (bicyclic) bond motifs is 3. The van der Waals surface area contributed by atoms with Crippen LogP contribution in [-0.4, -0.2) is 15.8 Å². The Labute approximate surface area is 160 Å². The summed E-state index contributed by atoms with van der Waals surface area (Å²) in [5.74, 6) is -0.369. The molecule has 1 aromatic heterocycles. The van der Waals surface area contributed by atoms with Gasteiger partial charge in [0.25, 0.3) is 11.6 Å². The van der Waals surface area contributed by atoms with Gasteiger partial charge in [-0.3, -0.25) is 14.9 Å². The smallest absolute Gasteiger partial charge is 0.288 e. The van der Waals surface area contributed by atoms with E-state index in [2.05, 4.69) is 16.4 Å². The van der Waals surface area contributed by atoms with Crippen LogP contribution >= 0.6 is 11.6 Å². The number of hydrogen-bond donors (Lipinski definition) is 2. The minimum Gasteiger partial charge on any atom is -0.358 e. The van der Waals surface area contributed by atoms with Crippen LogP contribution < -0.4 is 5.32 Å². The summed E-state index contributed by atoms with van der Waals surface area (Å²) in [6.45, 7) is 0.352. The fourth-order valence-electron chi connectivity index (χ4n) is 3.64. The summed E-state index contributed by atoms with van der Waals surface area (Å²) in [6, 6.07) is 10.2. The lowest BCUT2D eigenvalue weighted by Gasteiger charge is -2.11. The van der Waals surface area contributed by atoms with Crippen molar-refractivity contribution in [2.75, 3.05) is 0 Å². The first kappa shape index (κ1) is 17.5. The maximum absolute atomic E-state index is 12.4. The first-order chi connectivity index (χ1) is 13.0. The third-order valence-electron chi connectivity index (χ3n) is 5.02. The van der Waals surface area contributed by atoms with Crippen molar-refractivity contribution in [3.05, 3.63) is 73.9 Å². The van der Waals surface area contributed by atoms with Crippen molar-refractivity contribution in [1.82, 2.24) is 10.3 Å². The van der Waals surface area contributed by atoms with E-state index in [9.17, 15) is 14.9 Å². The van der Waals surface area contributed by atoms with Gasteiger partial charge < -0.3 is 10.3 Å². The summed E-state index contributed by atoms with van der Waals surface area (Å²) in [4.78, 5) is 26.2. The number of H-pyrrole nitrogens is 1. The fourth-order valence-corrected chi connectivity index (χ4v) is 3.83. The number of nitro groups is 1. The molecule has 0 unspecified atom stereocenters. The number of hydrogen-bond acceptors (Lipinski definition) is 3. The van der Waals surface area contributed by atoms with Crippen LogP contribution in [0.4, 0.5) is 5.69 Å². The fraction of sp³-hybridized carbons (Fsp3) is 0.250. The second kappa shape index (κ2) is 7.04. The lowest BCUT2D eigenvalue weighted by molar-refractivity contribution is -0.384. The molecule has 0 saturated carbocycles. The Kier molecular flexibility index (Phi) is 4.58. The molecule has 0 aliphatic heterocycles. The highest BCUT2D eigenvalue weighted by molar-refractivity contribution is 6.32. The van der Waals surface area contributed by atoms with Crippen molar-refractivity contribution in [3.63, 3.8) is 0 Å². The highest BCUT2D eigenvalue weighted by Crippen LogP contribution is 2.30. The molecule has 0 saturated heterocycles. The van der Waals surface area contributed by atoms with Gasteiger partial charge in [-0.25, -0.2) is 0 Å². The Morgan fingerprint density at radius 3 is 2.81 bits per heavy atom. The number of carbonyl (C=O) groups excluding carboxylic acids is 1. The molecule has 27 heavy (non-hydrogen) atoms. The number of benzene rings is 2. The van der Waals surface area contributed by atoms with E-state index in [0.29, 0.717) is 6.54 Å². The molecule has 0 spiro atoms. The summed E-state index contributed by atoms with van der Waals surface area (Å²) in [5, 5.41) is 15.0. The third-order valence-corrected chi connectivity index (χ3v) is 5.34. The van der Waals surface area contributed by atoms with Gasteiger partial charge in [0.05, 0.1) is 4.92 Å². The van der Waals surface area contributed by atoms with E-state index in [1.165, 1.54) is 47.7 Å². The van der Waals surface area contributed by atoms with Crippen LogP contribution in [0.2, 0.25) is 5.02 Å². The molecule has 1 aliphatic carbocycles. The molecule has 1 aliphatic rings. The second-order valence-corrected chi connectivity index (χ2v) is 7.18. The van der Waals surface area contributed by atoms with Gasteiger partial charge in [-0.05, 0) is 61.1 Å². The largest absolute Gasteiger partial charge is 0.358 e. The zero-order chi connectivity index (χ0) is 19.0. The lowest BCUT2D eigenvalue weighted by Crippen LogP contribution is -2.22. The molecular weight excluding hydrogens is 366 g/mol. The minimum atomic E-state index is -0.595. The van der Waals surface area contributed by atoms with E-state index < -0.39 is 4.92 Å². The highest BCUT2D eigenvalue weighted by Gasteiger charge is 2.17. The topological polar surface area (TPSA) is 88.0 Å². The Hall–Kier alpha value is -2.86. The average molecular weight is 384 g/mol. The van der Waals surface area contributed by atoms with E-state index in [4.69, 9.17) is 11.6 Å². The molecule has 6 nitrogen and oxygen atoms in total. The Balaban J connectivity index is 1.52. The summed E-state index contributed by atoms with van der Waals surface area (Å²) >= 11 is 5.80. The molecule has 138 valence electrons. The lowest BCUT2D eigenvalue weighted by atomic mass is 9.95. The molecule has 1 heterocycles. The maximum atomic E-state index is 12.4. The van der Waals surface area contributed by atoms with E-state index in [1.54, 1.807) is 0 Å². The molecule has 2 aromatic carbocycles. The minimum absolute atomic E-state index is 0.0132. The maximum Gasteiger partial charge on any atom is 0.288 e. The number of aryl methyl sites for hydroxylation is 2. The van der Waals surface area contributed by atoms with Gasteiger partial charge in [0.2, 0.25) is 0 Å². The highest BCUT2D eigenvalue weighted by atomic mass is 35.5. The van der Waals surface area contributed by atoms with Gasteiger partial charge in [-0.2, -0.15) is 0 Å². The van der Waals surface area contributed by atoms with Crippen molar-refractivity contribution in [1.29, 1.82) is 0 Å². The van der Waals surface area contributed by atoms with Crippen LogP contribution in [0.3, 0.4) is 0 Å². The predicted molar refractivity (Wildman–Crippen MR) is 104 cm³/mol. The molecular formula is C20H18ClN3O3. The SMILES string of the molecule is O=C(NCc1ccc2[nH]c3c(c2c1)CCCC3)c1ccc(Cl)c([N+](=O)[O-])c1. The second-order valence-electron chi connectivity index (χ2n) is 6.78. The number of carbonyl (C=O) groups is 1. The van der Waals surface area contributed by atoms with Crippen molar-refractivity contribution in [2.45, 2.75) is 32.2 Å².